The molecule has 0 amide bonds. The molecule has 0 aromatic carbocycles. The summed E-state index contributed by atoms with van der Waals surface area (Å²) in [5.74, 6) is 2.62. The summed E-state index contributed by atoms with van der Waals surface area (Å²) in [7, 11) is 0. The highest BCUT2D eigenvalue weighted by Gasteiger charge is 2.21. The molecule has 2 heteroatoms. The Kier molecular flexibility index (Phi) is 2.73. The Morgan fingerprint density at radius 3 is 2.80 bits per heavy atom. The highest BCUT2D eigenvalue weighted by atomic mass is 15.2. The van der Waals surface area contributed by atoms with Gasteiger partial charge in [0, 0.05) is 25.6 Å². The number of rotatable bonds is 3. The minimum absolute atomic E-state index is 0.422. The van der Waals surface area contributed by atoms with E-state index in [2.05, 4.69) is 10.8 Å². The van der Waals surface area contributed by atoms with E-state index >= 15 is 0 Å². The van der Waals surface area contributed by atoms with Crippen LogP contribution in [0.4, 0.5) is 0 Å². The van der Waals surface area contributed by atoms with Crippen molar-refractivity contribution in [1.82, 2.24) is 4.90 Å². The normalized spacial score (nSPS) is 20.0. The first-order chi connectivity index (χ1) is 4.83. The monoisotopic (exact) mass is 138 g/mol. The fraction of sp³-hybridized carbons (Fsp3) is 0.750. The molecule has 0 saturated carbocycles. The summed E-state index contributed by atoms with van der Waals surface area (Å²) in [6, 6.07) is 0.422. The van der Waals surface area contributed by atoms with Gasteiger partial charge in [-0.25, -0.2) is 0 Å². The molecule has 0 aromatic rings. The number of unbranched alkanes of at least 4 members (excludes halogenated alkanes) is 1. The maximum Gasteiger partial charge on any atom is 0.0297 e. The van der Waals surface area contributed by atoms with Crippen LogP contribution in [-0.2, 0) is 0 Å². The van der Waals surface area contributed by atoms with Gasteiger partial charge in [-0.1, -0.05) is 0 Å². The van der Waals surface area contributed by atoms with E-state index in [1.807, 2.05) is 0 Å². The van der Waals surface area contributed by atoms with Crippen LogP contribution in [0.1, 0.15) is 12.8 Å². The molecule has 1 aliphatic rings. The summed E-state index contributed by atoms with van der Waals surface area (Å²) >= 11 is 0. The SMILES string of the molecule is C#CCCCN1CC(N)C1. The molecular formula is C8H14N2. The number of nitrogens with two attached hydrogens (primary N) is 1. The molecule has 0 aliphatic carbocycles. The van der Waals surface area contributed by atoms with Crippen molar-refractivity contribution in [3.8, 4) is 12.3 Å². The molecule has 0 bridgehead atoms. The molecule has 1 rings (SSSR count). The first kappa shape index (κ1) is 7.59. The van der Waals surface area contributed by atoms with Gasteiger partial charge in [0.05, 0.1) is 0 Å². The zero-order valence-electron chi connectivity index (χ0n) is 6.21. The lowest BCUT2D eigenvalue weighted by molar-refractivity contribution is 0.150. The summed E-state index contributed by atoms with van der Waals surface area (Å²) in [6.45, 7) is 3.24. The molecule has 1 heterocycles. The van der Waals surface area contributed by atoms with Gasteiger partial charge in [0.2, 0.25) is 0 Å². The van der Waals surface area contributed by atoms with Crippen LogP contribution >= 0.6 is 0 Å². The molecule has 2 nitrogen and oxygen atoms in total. The average molecular weight is 138 g/mol. The van der Waals surface area contributed by atoms with Crippen molar-refractivity contribution < 1.29 is 0 Å². The third-order valence-electron chi connectivity index (χ3n) is 1.78. The van der Waals surface area contributed by atoms with E-state index in [9.17, 15) is 0 Å². The average Bonchev–Trinajstić information content (AvgIpc) is 1.85. The fourth-order valence-corrected chi connectivity index (χ4v) is 1.20. The smallest absolute Gasteiger partial charge is 0.0297 e. The molecule has 1 fully saturated rings. The van der Waals surface area contributed by atoms with E-state index in [0.717, 1.165) is 32.5 Å². The predicted molar refractivity (Wildman–Crippen MR) is 42.5 cm³/mol. The highest BCUT2D eigenvalue weighted by molar-refractivity contribution is 4.86. The summed E-state index contributed by atoms with van der Waals surface area (Å²) in [6.07, 6.45) is 7.12. The van der Waals surface area contributed by atoms with Gasteiger partial charge in [-0.3, -0.25) is 0 Å². The number of hydrogen-bond acceptors (Lipinski definition) is 2. The summed E-state index contributed by atoms with van der Waals surface area (Å²) < 4.78 is 0. The van der Waals surface area contributed by atoms with Crippen molar-refractivity contribution in [2.24, 2.45) is 5.73 Å². The molecular weight excluding hydrogens is 124 g/mol. The van der Waals surface area contributed by atoms with Crippen molar-refractivity contribution in [1.29, 1.82) is 0 Å². The molecule has 0 radical (unpaired) electrons. The maximum absolute atomic E-state index is 5.59. The van der Waals surface area contributed by atoms with Crippen LogP contribution in [0.3, 0.4) is 0 Å². The van der Waals surface area contributed by atoms with Crippen molar-refractivity contribution >= 4 is 0 Å². The summed E-state index contributed by atoms with van der Waals surface area (Å²) in [5.41, 5.74) is 5.59. The Labute approximate surface area is 62.4 Å². The van der Waals surface area contributed by atoms with Crippen molar-refractivity contribution in [2.75, 3.05) is 19.6 Å². The summed E-state index contributed by atoms with van der Waals surface area (Å²) in [5, 5.41) is 0. The molecule has 2 N–H and O–H groups in total. The second kappa shape index (κ2) is 3.60. The zero-order chi connectivity index (χ0) is 7.40. The van der Waals surface area contributed by atoms with Gasteiger partial charge in [0.15, 0.2) is 0 Å². The van der Waals surface area contributed by atoms with Crippen LogP contribution in [0.15, 0.2) is 0 Å². The van der Waals surface area contributed by atoms with E-state index in [1.165, 1.54) is 0 Å². The van der Waals surface area contributed by atoms with Crippen LogP contribution in [0.5, 0.6) is 0 Å². The van der Waals surface area contributed by atoms with Crippen LogP contribution in [0.25, 0.3) is 0 Å². The molecule has 56 valence electrons. The van der Waals surface area contributed by atoms with Crippen molar-refractivity contribution in [3.63, 3.8) is 0 Å². The molecule has 0 aromatic heterocycles. The quantitative estimate of drug-likeness (QED) is 0.441. The molecule has 0 unspecified atom stereocenters. The van der Waals surface area contributed by atoms with Gasteiger partial charge in [-0.05, 0) is 13.0 Å². The lowest BCUT2D eigenvalue weighted by Crippen LogP contribution is -2.55. The lowest BCUT2D eigenvalue weighted by Gasteiger charge is -2.36. The van der Waals surface area contributed by atoms with Crippen LogP contribution in [0.2, 0.25) is 0 Å². The standard InChI is InChI=1S/C8H14N2/c1-2-3-4-5-10-6-8(9)7-10/h1,8H,3-7,9H2. The Balaban J connectivity index is 1.91. The molecule has 0 spiro atoms. The molecule has 0 atom stereocenters. The van der Waals surface area contributed by atoms with Crippen LogP contribution < -0.4 is 5.73 Å². The van der Waals surface area contributed by atoms with Gasteiger partial charge in [0.25, 0.3) is 0 Å². The van der Waals surface area contributed by atoms with Gasteiger partial charge in [-0.2, -0.15) is 0 Å². The van der Waals surface area contributed by atoms with E-state index < -0.39 is 0 Å². The highest BCUT2D eigenvalue weighted by Crippen LogP contribution is 2.05. The maximum atomic E-state index is 5.59. The van der Waals surface area contributed by atoms with Gasteiger partial charge >= 0.3 is 0 Å². The lowest BCUT2D eigenvalue weighted by atomic mass is 10.1. The number of likely N-dealkylation sites (tertiary alicyclic amines) is 1. The van der Waals surface area contributed by atoms with E-state index in [1.54, 1.807) is 0 Å². The second-order valence-corrected chi connectivity index (χ2v) is 2.83. The Bertz CT molecular complexity index is 131. The Morgan fingerprint density at radius 1 is 1.60 bits per heavy atom. The zero-order valence-corrected chi connectivity index (χ0v) is 6.21. The Hall–Kier alpha value is -0.520. The first-order valence-electron chi connectivity index (χ1n) is 3.74. The van der Waals surface area contributed by atoms with Crippen LogP contribution in [0, 0.1) is 12.3 Å². The van der Waals surface area contributed by atoms with Crippen molar-refractivity contribution in [2.45, 2.75) is 18.9 Å². The first-order valence-corrected chi connectivity index (χ1v) is 3.74. The number of terminal acetylenes is 1. The fourth-order valence-electron chi connectivity index (χ4n) is 1.20. The molecule has 10 heavy (non-hydrogen) atoms. The number of hydrogen-bond donors (Lipinski definition) is 1. The molecule has 1 saturated heterocycles. The molecule has 1 aliphatic heterocycles. The van der Waals surface area contributed by atoms with Crippen molar-refractivity contribution in [3.05, 3.63) is 0 Å². The third-order valence-corrected chi connectivity index (χ3v) is 1.78. The third kappa shape index (κ3) is 2.02. The minimum Gasteiger partial charge on any atom is -0.325 e. The topological polar surface area (TPSA) is 29.3 Å². The predicted octanol–water partition coefficient (Wildman–Crippen LogP) is 0.0427. The van der Waals surface area contributed by atoms with E-state index in [-0.39, 0.29) is 0 Å². The summed E-state index contributed by atoms with van der Waals surface area (Å²) in [4.78, 5) is 2.34. The van der Waals surface area contributed by atoms with Gasteiger partial charge in [0.1, 0.15) is 0 Å². The second-order valence-electron chi connectivity index (χ2n) is 2.83. The van der Waals surface area contributed by atoms with E-state index in [0.29, 0.717) is 6.04 Å². The van der Waals surface area contributed by atoms with Crippen LogP contribution in [-0.4, -0.2) is 30.6 Å². The van der Waals surface area contributed by atoms with E-state index in [4.69, 9.17) is 12.2 Å². The number of nitrogens with zero attached hydrogens (tertiary/aromatic N) is 1. The largest absolute Gasteiger partial charge is 0.325 e. The van der Waals surface area contributed by atoms with Gasteiger partial charge < -0.3 is 10.6 Å². The minimum atomic E-state index is 0.422. The van der Waals surface area contributed by atoms with Gasteiger partial charge in [-0.15, -0.1) is 12.3 Å². The Morgan fingerprint density at radius 2 is 2.30 bits per heavy atom.